The molecule has 1 aliphatic heterocycles. The summed E-state index contributed by atoms with van der Waals surface area (Å²) in [5, 5.41) is 7.00. The van der Waals surface area contributed by atoms with Crippen molar-refractivity contribution in [3.05, 3.63) is 24.1 Å². The van der Waals surface area contributed by atoms with E-state index in [2.05, 4.69) is 25.4 Å². The van der Waals surface area contributed by atoms with E-state index >= 15 is 0 Å². The molecule has 9 heteroatoms. The average molecular weight is 332 g/mol. The third kappa shape index (κ3) is 3.15. The van der Waals surface area contributed by atoms with Gasteiger partial charge < -0.3 is 19.5 Å². The largest absolute Gasteiger partial charge is 0.478 e. The Morgan fingerprint density at radius 3 is 3.00 bits per heavy atom. The molecule has 9 nitrogen and oxygen atoms in total. The minimum Gasteiger partial charge on any atom is -0.478 e. The fourth-order valence-electron chi connectivity index (χ4n) is 2.91. The SMILES string of the molecule is CCOc1cc(N2CCC(NC(C)=O)(c3noc(C)n3)C2)ncn1. The first-order chi connectivity index (χ1) is 11.5. The first-order valence-corrected chi connectivity index (χ1v) is 7.82. The lowest BCUT2D eigenvalue weighted by atomic mass is 9.97. The van der Waals surface area contributed by atoms with Gasteiger partial charge in [-0.2, -0.15) is 4.98 Å². The minimum absolute atomic E-state index is 0.142. The fraction of sp³-hybridized carbons (Fsp3) is 0.533. The van der Waals surface area contributed by atoms with Crippen molar-refractivity contribution in [3.8, 4) is 5.88 Å². The van der Waals surface area contributed by atoms with Gasteiger partial charge in [-0.15, -0.1) is 0 Å². The third-order valence-corrected chi connectivity index (χ3v) is 3.88. The smallest absolute Gasteiger partial charge is 0.223 e. The summed E-state index contributed by atoms with van der Waals surface area (Å²) in [5.74, 6) is 2.07. The van der Waals surface area contributed by atoms with Crippen molar-refractivity contribution in [1.29, 1.82) is 0 Å². The number of nitrogens with one attached hydrogen (secondary N) is 1. The average Bonchev–Trinajstić information content (AvgIpc) is 3.15. The van der Waals surface area contributed by atoms with Crippen molar-refractivity contribution in [3.63, 3.8) is 0 Å². The van der Waals surface area contributed by atoms with Gasteiger partial charge in [0.1, 0.15) is 17.7 Å². The summed E-state index contributed by atoms with van der Waals surface area (Å²) in [6, 6.07) is 1.79. The Hall–Kier alpha value is -2.71. The van der Waals surface area contributed by atoms with Gasteiger partial charge in [0.15, 0.2) is 5.82 Å². The monoisotopic (exact) mass is 332 g/mol. The van der Waals surface area contributed by atoms with Crippen LogP contribution in [0.2, 0.25) is 0 Å². The highest BCUT2D eigenvalue weighted by Crippen LogP contribution is 2.33. The molecular formula is C15H20N6O3. The normalized spacial score (nSPS) is 20.2. The van der Waals surface area contributed by atoms with Crippen LogP contribution in [0.4, 0.5) is 5.82 Å². The van der Waals surface area contributed by atoms with Gasteiger partial charge in [-0.25, -0.2) is 9.97 Å². The maximum atomic E-state index is 11.7. The first kappa shape index (κ1) is 16.2. The van der Waals surface area contributed by atoms with E-state index in [0.29, 0.717) is 43.7 Å². The Balaban J connectivity index is 1.87. The summed E-state index contributed by atoms with van der Waals surface area (Å²) in [6.07, 6.45) is 2.12. The van der Waals surface area contributed by atoms with Crippen LogP contribution in [0.5, 0.6) is 5.88 Å². The summed E-state index contributed by atoms with van der Waals surface area (Å²) < 4.78 is 10.5. The van der Waals surface area contributed by atoms with E-state index in [1.165, 1.54) is 13.3 Å². The van der Waals surface area contributed by atoms with Gasteiger partial charge in [0.05, 0.1) is 6.61 Å². The number of hydrogen-bond acceptors (Lipinski definition) is 8. The van der Waals surface area contributed by atoms with Crippen LogP contribution in [-0.4, -0.2) is 45.7 Å². The van der Waals surface area contributed by atoms with E-state index in [-0.39, 0.29) is 5.91 Å². The molecule has 1 N–H and O–H groups in total. The summed E-state index contributed by atoms with van der Waals surface area (Å²) in [7, 11) is 0. The van der Waals surface area contributed by atoms with Crippen LogP contribution >= 0.6 is 0 Å². The second-order valence-corrected chi connectivity index (χ2v) is 5.72. The number of ether oxygens (including phenoxy) is 1. The Morgan fingerprint density at radius 2 is 2.33 bits per heavy atom. The maximum Gasteiger partial charge on any atom is 0.223 e. The van der Waals surface area contributed by atoms with Gasteiger partial charge in [0, 0.05) is 33.0 Å². The second kappa shape index (κ2) is 6.42. The highest BCUT2D eigenvalue weighted by Gasteiger charge is 2.44. The van der Waals surface area contributed by atoms with Crippen LogP contribution in [0, 0.1) is 6.92 Å². The molecule has 2 aromatic heterocycles. The Labute approximate surface area is 139 Å². The second-order valence-electron chi connectivity index (χ2n) is 5.72. The highest BCUT2D eigenvalue weighted by atomic mass is 16.5. The van der Waals surface area contributed by atoms with Gasteiger partial charge in [-0.3, -0.25) is 4.79 Å². The van der Waals surface area contributed by atoms with Gasteiger partial charge >= 0.3 is 0 Å². The molecular weight excluding hydrogens is 312 g/mol. The zero-order valence-corrected chi connectivity index (χ0v) is 13.9. The number of anilines is 1. The molecule has 128 valence electrons. The molecule has 0 spiro atoms. The van der Waals surface area contributed by atoms with Crippen LogP contribution in [0.15, 0.2) is 16.9 Å². The number of carbonyl (C=O) groups excluding carboxylic acids is 1. The molecule has 2 aromatic rings. The van der Waals surface area contributed by atoms with Crippen molar-refractivity contribution in [1.82, 2.24) is 25.4 Å². The van der Waals surface area contributed by atoms with Crippen molar-refractivity contribution >= 4 is 11.7 Å². The summed E-state index contributed by atoms with van der Waals surface area (Å²) in [6.45, 7) is 6.83. The standard InChI is InChI=1S/C15H20N6O3/c1-4-23-13-7-12(16-9-17-13)21-6-5-15(8-21,19-10(2)22)14-18-11(3)24-20-14/h7,9H,4-6,8H2,1-3H3,(H,19,22). The lowest BCUT2D eigenvalue weighted by Crippen LogP contribution is -2.48. The van der Waals surface area contributed by atoms with Crippen LogP contribution in [0.3, 0.4) is 0 Å². The number of rotatable bonds is 5. The Morgan fingerprint density at radius 1 is 1.50 bits per heavy atom. The maximum absolute atomic E-state index is 11.7. The zero-order chi connectivity index (χ0) is 17.2. The van der Waals surface area contributed by atoms with Gasteiger partial charge in [0.2, 0.25) is 17.7 Å². The highest BCUT2D eigenvalue weighted by molar-refractivity contribution is 5.74. The molecule has 3 rings (SSSR count). The predicted molar refractivity (Wildman–Crippen MR) is 84.6 cm³/mol. The molecule has 24 heavy (non-hydrogen) atoms. The zero-order valence-electron chi connectivity index (χ0n) is 13.9. The minimum atomic E-state index is -0.694. The van der Waals surface area contributed by atoms with Gasteiger partial charge in [-0.1, -0.05) is 5.16 Å². The Kier molecular flexibility index (Phi) is 4.32. The fourth-order valence-corrected chi connectivity index (χ4v) is 2.91. The van der Waals surface area contributed by atoms with E-state index in [0.717, 1.165) is 5.82 Å². The van der Waals surface area contributed by atoms with Crippen molar-refractivity contribution in [2.75, 3.05) is 24.6 Å². The molecule has 1 atom stereocenters. The summed E-state index contributed by atoms with van der Waals surface area (Å²) in [4.78, 5) is 26.5. The molecule has 0 aromatic carbocycles. The van der Waals surface area contributed by atoms with Crippen molar-refractivity contribution < 1.29 is 14.1 Å². The van der Waals surface area contributed by atoms with Crippen LogP contribution in [-0.2, 0) is 10.3 Å². The molecule has 0 aliphatic carbocycles. The lowest BCUT2D eigenvalue weighted by Gasteiger charge is -2.27. The number of carbonyl (C=O) groups is 1. The molecule has 1 saturated heterocycles. The quantitative estimate of drug-likeness (QED) is 0.857. The van der Waals surface area contributed by atoms with Crippen LogP contribution < -0.4 is 15.0 Å². The van der Waals surface area contributed by atoms with E-state index in [1.54, 1.807) is 13.0 Å². The first-order valence-electron chi connectivity index (χ1n) is 7.82. The number of amides is 1. The summed E-state index contributed by atoms with van der Waals surface area (Å²) >= 11 is 0. The number of aryl methyl sites for hydroxylation is 1. The van der Waals surface area contributed by atoms with Gasteiger partial charge in [-0.05, 0) is 13.3 Å². The van der Waals surface area contributed by atoms with Gasteiger partial charge in [0.25, 0.3) is 0 Å². The van der Waals surface area contributed by atoms with Crippen molar-refractivity contribution in [2.24, 2.45) is 0 Å². The number of hydrogen-bond donors (Lipinski definition) is 1. The van der Waals surface area contributed by atoms with Crippen LogP contribution in [0.1, 0.15) is 32.0 Å². The Bertz CT molecular complexity index is 734. The summed E-state index contributed by atoms with van der Waals surface area (Å²) in [5.41, 5.74) is -0.694. The molecule has 0 saturated carbocycles. The van der Waals surface area contributed by atoms with E-state index < -0.39 is 5.54 Å². The molecule has 1 aliphatic rings. The molecule has 0 bridgehead atoms. The molecule has 0 radical (unpaired) electrons. The van der Waals surface area contributed by atoms with E-state index in [4.69, 9.17) is 9.26 Å². The van der Waals surface area contributed by atoms with Crippen LogP contribution in [0.25, 0.3) is 0 Å². The molecule has 1 amide bonds. The molecule has 1 unspecified atom stereocenters. The molecule has 3 heterocycles. The number of nitrogens with zero attached hydrogens (tertiary/aromatic N) is 5. The van der Waals surface area contributed by atoms with E-state index in [9.17, 15) is 4.79 Å². The van der Waals surface area contributed by atoms with E-state index in [1.807, 2.05) is 11.8 Å². The predicted octanol–water partition coefficient (Wildman–Crippen LogP) is 0.808. The molecule has 1 fully saturated rings. The third-order valence-electron chi connectivity index (χ3n) is 3.88. The number of aromatic nitrogens is 4. The van der Waals surface area contributed by atoms with Crippen molar-refractivity contribution in [2.45, 2.75) is 32.7 Å². The lowest BCUT2D eigenvalue weighted by molar-refractivity contribution is -0.120. The topological polar surface area (TPSA) is 106 Å².